The van der Waals surface area contributed by atoms with Gasteiger partial charge in [-0.2, -0.15) is 0 Å². The Bertz CT molecular complexity index is 798. The summed E-state index contributed by atoms with van der Waals surface area (Å²) in [5, 5.41) is 2.77. The summed E-state index contributed by atoms with van der Waals surface area (Å²) in [6.45, 7) is 2.75. The van der Waals surface area contributed by atoms with E-state index in [1.54, 1.807) is 24.3 Å². The topological polar surface area (TPSA) is 72.5 Å². The fourth-order valence-electron chi connectivity index (χ4n) is 2.20. The highest BCUT2D eigenvalue weighted by Crippen LogP contribution is 2.12. The Labute approximate surface area is 142 Å². The molecule has 2 rings (SSSR count). The molecule has 0 saturated carbocycles. The van der Waals surface area contributed by atoms with Crippen LogP contribution in [0.15, 0.2) is 48.5 Å². The van der Waals surface area contributed by atoms with Crippen molar-refractivity contribution < 1.29 is 17.9 Å². The fourth-order valence-corrected chi connectivity index (χ4v) is 2.99. The predicted octanol–water partition coefficient (Wildman–Crippen LogP) is 2.35. The number of carbonyl (C=O) groups is 1. The highest BCUT2D eigenvalue weighted by Gasteiger charge is 2.07. The number of amides is 1. The first-order valence-corrected chi connectivity index (χ1v) is 9.64. The number of aryl methyl sites for hydroxylation is 1. The van der Waals surface area contributed by atoms with Gasteiger partial charge in [0, 0.05) is 11.8 Å². The number of benzene rings is 2. The first-order valence-electron chi connectivity index (χ1n) is 7.58. The highest BCUT2D eigenvalue weighted by atomic mass is 32.2. The van der Waals surface area contributed by atoms with E-state index in [-0.39, 0.29) is 11.7 Å². The third kappa shape index (κ3) is 6.04. The van der Waals surface area contributed by atoms with Gasteiger partial charge in [-0.15, -0.1) is 0 Å². The molecule has 1 amide bonds. The summed E-state index contributed by atoms with van der Waals surface area (Å²) in [5.41, 5.74) is 2.27. The molecular weight excluding hydrogens is 326 g/mol. The second-order valence-corrected chi connectivity index (χ2v) is 7.83. The van der Waals surface area contributed by atoms with Crippen molar-refractivity contribution in [1.29, 1.82) is 0 Å². The largest absolute Gasteiger partial charge is 0.492 e. The Morgan fingerprint density at radius 3 is 2.46 bits per heavy atom. The molecule has 1 N–H and O–H groups in total. The number of hydrogen-bond acceptors (Lipinski definition) is 4. The lowest BCUT2D eigenvalue weighted by molar-refractivity contribution is 0.0947. The molecule has 2 aromatic carbocycles. The van der Waals surface area contributed by atoms with Crippen LogP contribution in [0.1, 0.15) is 21.5 Å². The molecule has 0 atom stereocenters. The summed E-state index contributed by atoms with van der Waals surface area (Å²) in [7, 11) is -3.07. The zero-order valence-corrected chi connectivity index (χ0v) is 14.6. The van der Waals surface area contributed by atoms with Crippen molar-refractivity contribution in [3.8, 4) is 5.75 Å². The quantitative estimate of drug-likeness (QED) is 0.781. The smallest absolute Gasteiger partial charge is 0.251 e. The maximum Gasteiger partial charge on any atom is 0.251 e. The number of carbonyl (C=O) groups excluding carboxylic acids is 1. The molecule has 0 saturated heterocycles. The Balaban J connectivity index is 1.80. The zero-order chi connectivity index (χ0) is 17.6. The predicted molar refractivity (Wildman–Crippen MR) is 94.0 cm³/mol. The monoisotopic (exact) mass is 347 g/mol. The van der Waals surface area contributed by atoms with Crippen LogP contribution in [-0.2, 0) is 15.6 Å². The van der Waals surface area contributed by atoms with Gasteiger partial charge in [-0.05, 0) is 42.3 Å². The van der Waals surface area contributed by atoms with E-state index in [2.05, 4.69) is 5.32 Å². The van der Waals surface area contributed by atoms with Crippen molar-refractivity contribution >= 4 is 15.7 Å². The standard InChI is InChI=1S/C18H21NO4S/c1-14-4-3-5-17(12-14)23-11-10-19-18(20)16-8-6-15(7-9-16)13-24(2,21)22/h3-9,12H,10-11,13H2,1-2H3,(H,19,20). The van der Waals surface area contributed by atoms with Crippen LogP contribution < -0.4 is 10.1 Å². The van der Waals surface area contributed by atoms with Crippen molar-refractivity contribution in [2.75, 3.05) is 19.4 Å². The van der Waals surface area contributed by atoms with E-state index in [1.165, 1.54) is 6.26 Å². The Morgan fingerprint density at radius 2 is 1.83 bits per heavy atom. The minimum absolute atomic E-state index is 0.0285. The molecular formula is C18H21NO4S. The molecule has 2 aromatic rings. The van der Waals surface area contributed by atoms with Gasteiger partial charge in [0.05, 0.1) is 12.3 Å². The molecule has 0 fully saturated rings. The van der Waals surface area contributed by atoms with Crippen molar-refractivity contribution in [2.45, 2.75) is 12.7 Å². The minimum atomic E-state index is -3.07. The van der Waals surface area contributed by atoms with Crippen LogP contribution in [0.4, 0.5) is 0 Å². The van der Waals surface area contributed by atoms with Gasteiger partial charge in [-0.1, -0.05) is 24.3 Å². The van der Waals surface area contributed by atoms with E-state index in [9.17, 15) is 13.2 Å². The van der Waals surface area contributed by atoms with Crippen molar-refractivity contribution in [3.05, 3.63) is 65.2 Å². The number of rotatable bonds is 7. The lowest BCUT2D eigenvalue weighted by Gasteiger charge is -2.08. The first-order chi connectivity index (χ1) is 11.3. The number of nitrogens with one attached hydrogen (secondary N) is 1. The second kappa shape index (κ2) is 7.97. The number of sulfone groups is 1. The van der Waals surface area contributed by atoms with Crippen LogP contribution in [0.2, 0.25) is 0 Å². The van der Waals surface area contributed by atoms with Crippen molar-refractivity contribution in [2.24, 2.45) is 0 Å². The van der Waals surface area contributed by atoms with Crippen LogP contribution in [-0.4, -0.2) is 33.7 Å². The molecule has 0 unspecified atom stereocenters. The Morgan fingerprint density at radius 1 is 1.12 bits per heavy atom. The van der Waals surface area contributed by atoms with Crippen LogP contribution in [0, 0.1) is 6.92 Å². The molecule has 0 bridgehead atoms. The normalized spacial score (nSPS) is 11.1. The average molecular weight is 347 g/mol. The third-order valence-electron chi connectivity index (χ3n) is 3.29. The van der Waals surface area contributed by atoms with E-state index >= 15 is 0 Å². The molecule has 24 heavy (non-hydrogen) atoms. The molecule has 0 aromatic heterocycles. The molecule has 0 aliphatic rings. The molecule has 0 aliphatic carbocycles. The fraction of sp³-hybridized carbons (Fsp3) is 0.278. The lowest BCUT2D eigenvalue weighted by atomic mass is 10.1. The number of hydrogen-bond donors (Lipinski definition) is 1. The van der Waals surface area contributed by atoms with Gasteiger partial charge in [0.25, 0.3) is 5.91 Å². The van der Waals surface area contributed by atoms with Gasteiger partial charge >= 0.3 is 0 Å². The summed E-state index contributed by atoms with van der Waals surface area (Å²) in [6, 6.07) is 14.3. The SMILES string of the molecule is Cc1cccc(OCCNC(=O)c2ccc(CS(C)(=O)=O)cc2)c1. The lowest BCUT2D eigenvalue weighted by Crippen LogP contribution is -2.28. The van der Waals surface area contributed by atoms with Gasteiger partial charge in [0.2, 0.25) is 0 Å². The van der Waals surface area contributed by atoms with Gasteiger partial charge in [-0.25, -0.2) is 8.42 Å². The molecule has 6 heteroatoms. The van der Waals surface area contributed by atoms with E-state index in [0.717, 1.165) is 11.3 Å². The van der Waals surface area contributed by atoms with E-state index in [4.69, 9.17) is 4.74 Å². The number of ether oxygens (including phenoxy) is 1. The van der Waals surface area contributed by atoms with Gasteiger partial charge in [-0.3, -0.25) is 4.79 Å². The molecule has 5 nitrogen and oxygen atoms in total. The summed E-state index contributed by atoms with van der Waals surface area (Å²) in [4.78, 5) is 12.0. The molecule has 0 radical (unpaired) electrons. The van der Waals surface area contributed by atoms with Crippen LogP contribution in [0.3, 0.4) is 0 Å². The molecule has 0 spiro atoms. The summed E-state index contributed by atoms with van der Waals surface area (Å²) in [6.07, 6.45) is 1.18. The Kier molecular flexibility index (Phi) is 5.98. The van der Waals surface area contributed by atoms with Crippen LogP contribution in [0.25, 0.3) is 0 Å². The van der Waals surface area contributed by atoms with Crippen LogP contribution in [0.5, 0.6) is 5.75 Å². The molecule has 0 heterocycles. The molecule has 0 aliphatic heterocycles. The second-order valence-electron chi connectivity index (χ2n) is 5.69. The Hall–Kier alpha value is -2.34. The van der Waals surface area contributed by atoms with Gasteiger partial charge < -0.3 is 10.1 Å². The minimum Gasteiger partial charge on any atom is -0.492 e. The first kappa shape index (κ1) is 18.0. The zero-order valence-electron chi connectivity index (χ0n) is 13.8. The van der Waals surface area contributed by atoms with Gasteiger partial charge in [0.1, 0.15) is 12.4 Å². The maximum atomic E-state index is 12.0. The van der Waals surface area contributed by atoms with E-state index < -0.39 is 9.84 Å². The van der Waals surface area contributed by atoms with Crippen molar-refractivity contribution in [3.63, 3.8) is 0 Å². The van der Waals surface area contributed by atoms with E-state index in [1.807, 2.05) is 31.2 Å². The van der Waals surface area contributed by atoms with Crippen molar-refractivity contribution in [1.82, 2.24) is 5.32 Å². The highest BCUT2D eigenvalue weighted by molar-refractivity contribution is 7.89. The maximum absolute atomic E-state index is 12.0. The average Bonchev–Trinajstić information content (AvgIpc) is 2.50. The van der Waals surface area contributed by atoms with Crippen LogP contribution >= 0.6 is 0 Å². The van der Waals surface area contributed by atoms with Gasteiger partial charge in [0.15, 0.2) is 9.84 Å². The molecule has 128 valence electrons. The summed E-state index contributed by atoms with van der Waals surface area (Å²) < 4.78 is 28.0. The summed E-state index contributed by atoms with van der Waals surface area (Å²) in [5.74, 6) is 0.530. The van der Waals surface area contributed by atoms with E-state index in [0.29, 0.717) is 24.3 Å². The summed E-state index contributed by atoms with van der Waals surface area (Å²) >= 11 is 0. The third-order valence-corrected chi connectivity index (χ3v) is 4.15.